The number of likely N-dealkylation sites (tertiary alicyclic amines) is 1. The zero-order valence-corrected chi connectivity index (χ0v) is 12.5. The van der Waals surface area contributed by atoms with Gasteiger partial charge in [0.2, 0.25) is 5.91 Å². The van der Waals surface area contributed by atoms with Crippen molar-refractivity contribution < 1.29 is 14.7 Å². The number of amides is 1. The number of benzene rings is 1. The number of nitrogens with zero attached hydrogens (tertiary/aromatic N) is 1. The average Bonchev–Trinajstić information content (AvgIpc) is 2.93. The normalized spacial score (nSPS) is 18.0. The van der Waals surface area contributed by atoms with E-state index in [1.165, 1.54) is 11.1 Å². The monoisotopic (exact) mass is 289 g/mol. The van der Waals surface area contributed by atoms with E-state index in [4.69, 9.17) is 5.11 Å². The molecular formula is C17H23NO3. The molecule has 1 unspecified atom stereocenters. The molecule has 1 aliphatic heterocycles. The largest absolute Gasteiger partial charge is 0.481 e. The van der Waals surface area contributed by atoms with E-state index < -0.39 is 5.97 Å². The van der Waals surface area contributed by atoms with Crippen molar-refractivity contribution in [2.24, 2.45) is 0 Å². The molecule has 1 fully saturated rings. The van der Waals surface area contributed by atoms with E-state index in [1.807, 2.05) is 4.90 Å². The molecule has 0 aromatic heterocycles. The fourth-order valence-corrected chi connectivity index (χ4v) is 2.90. The predicted molar refractivity (Wildman–Crippen MR) is 81.0 cm³/mol. The molecule has 1 heterocycles. The van der Waals surface area contributed by atoms with Crippen LogP contribution in [0.4, 0.5) is 0 Å². The number of hydrogen-bond acceptors (Lipinski definition) is 2. The number of rotatable bonds is 6. The Kier molecular flexibility index (Phi) is 5.37. The highest BCUT2D eigenvalue weighted by Crippen LogP contribution is 2.32. The van der Waals surface area contributed by atoms with E-state index in [1.54, 1.807) is 0 Å². The lowest BCUT2D eigenvalue weighted by Gasteiger charge is -2.25. The maximum atomic E-state index is 12.3. The first-order chi connectivity index (χ1) is 10.1. The number of hydrogen-bond donors (Lipinski definition) is 1. The van der Waals surface area contributed by atoms with Gasteiger partial charge >= 0.3 is 5.97 Å². The van der Waals surface area contributed by atoms with Crippen molar-refractivity contribution in [3.63, 3.8) is 0 Å². The second kappa shape index (κ2) is 7.25. The molecule has 1 saturated heterocycles. The number of carbonyl (C=O) groups excluding carboxylic acids is 1. The van der Waals surface area contributed by atoms with Crippen molar-refractivity contribution in [1.29, 1.82) is 0 Å². The van der Waals surface area contributed by atoms with Crippen LogP contribution in [0.3, 0.4) is 0 Å². The van der Waals surface area contributed by atoms with Gasteiger partial charge in [-0.25, -0.2) is 0 Å². The molecule has 0 saturated carbocycles. The average molecular weight is 289 g/mol. The van der Waals surface area contributed by atoms with Crippen LogP contribution in [0.15, 0.2) is 24.3 Å². The zero-order valence-electron chi connectivity index (χ0n) is 12.5. The summed E-state index contributed by atoms with van der Waals surface area (Å²) in [4.78, 5) is 24.8. The molecule has 4 nitrogen and oxygen atoms in total. The highest BCUT2D eigenvalue weighted by molar-refractivity contribution is 5.77. The van der Waals surface area contributed by atoms with Gasteiger partial charge in [-0.3, -0.25) is 9.59 Å². The predicted octanol–water partition coefficient (Wildman–Crippen LogP) is 3.30. The van der Waals surface area contributed by atoms with Gasteiger partial charge in [0.15, 0.2) is 0 Å². The van der Waals surface area contributed by atoms with E-state index >= 15 is 0 Å². The molecule has 1 amide bonds. The number of carboxylic acid groups (broad SMARTS) is 1. The number of carboxylic acids is 1. The molecular weight excluding hydrogens is 266 g/mol. The lowest BCUT2D eigenvalue weighted by Crippen LogP contribution is -2.30. The van der Waals surface area contributed by atoms with Crippen molar-refractivity contribution >= 4 is 11.9 Å². The first-order valence-corrected chi connectivity index (χ1v) is 7.66. The molecule has 1 N–H and O–H groups in total. The minimum Gasteiger partial charge on any atom is -0.481 e. The van der Waals surface area contributed by atoms with Crippen LogP contribution in [0.25, 0.3) is 0 Å². The van der Waals surface area contributed by atoms with Gasteiger partial charge in [-0.2, -0.15) is 0 Å². The molecule has 0 bridgehead atoms. The summed E-state index contributed by atoms with van der Waals surface area (Å²) in [5.74, 6) is -0.635. The Hall–Kier alpha value is -1.84. The van der Waals surface area contributed by atoms with Crippen LogP contribution in [0, 0.1) is 6.92 Å². The van der Waals surface area contributed by atoms with Crippen molar-refractivity contribution in [3.05, 3.63) is 35.4 Å². The number of carbonyl (C=O) groups is 2. The summed E-state index contributed by atoms with van der Waals surface area (Å²) >= 11 is 0. The summed E-state index contributed by atoms with van der Waals surface area (Å²) in [5.41, 5.74) is 2.43. The van der Waals surface area contributed by atoms with E-state index in [-0.39, 0.29) is 18.4 Å². The number of aliphatic carboxylic acids is 1. The van der Waals surface area contributed by atoms with E-state index in [0.29, 0.717) is 19.3 Å². The standard InChI is InChI=1S/C17H23NO3/c1-13-8-10-14(11-9-13)15-5-4-12-18(15)16(19)6-2-3-7-17(20)21/h8-11,15H,2-7,12H2,1H3,(H,20,21). The van der Waals surface area contributed by atoms with Crippen LogP contribution < -0.4 is 0 Å². The Bertz CT molecular complexity index is 495. The fourth-order valence-electron chi connectivity index (χ4n) is 2.90. The van der Waals surface area contributed by atoms with Crippen molar-refractivity contribution in [3.8, 4) is 0 Å². The third kappa shape index (κ3) is 4.31. The van der Waals surface area contributed by atoms with Crippen LogP contribution in [-0.2, 0) is 9.59 Å². The lowest BCUT2D eigenvalue weighted by molar-refractivity contribution is -0.137. The van der Waals surface area contributed by atoms with E-state index in [0.717, 1.165) is 19.4 Å². The Labute approximate surface area is 125 Å². The fraction of sp³-hybridized carbons (Fsp3) is 0.529. The minimum absolute atomic E-state index is 0.147. The summed E-state index contributed by atoms with van der Waals surface area (Å²) in [6.45, 7) is 2.88. The summed E-state index contributed by atoms with van der Waals surface area (Å²) in [5, 5.41) is 8.61. The molecule has 1 aromatic carbocycles. The van der Waals surface area contributed by atoms with E-state index in [2.05, 4.69) is 31.2 Å². The van der Waals surface area contributed by atoms with Gasteiger partial charge in [-0.05, 0) is 38.2 Å². The maximum Gasteiger partial charge on any atom is 0.303 e. The Morgan fingerprint density at radius 3 is 2.52 bits per heavy atom. The van der Waals surface area contributed by atoms with Gasteiger partial charge < -0.3 is 10.0 Å². The molecule has 2 rings (SSSR count). The number of unbranched alkanes of at least 4 members (excludes halogenated alkanes) is 1. The molecule has 1 aromatic rings. The third-order valence-corrected chi connectivity index (χ3v) is 4.07. The van der Waals surface area contributed by atoms with E-state index in [9.17, 15) is 9.59 Å². The van der Waals surface area contributed by atoms with Crippen molar-refractivity contribution in [2.75, 3.05) is 6.54 Å². The Balaban J connectivity index is 1.90. The first kappa shape index (κ1) is 15.5. The highest BCUT2D eigenvalue weighted by atomic mass is 16.4. The quantitative estimate of drug-likeness (QED) is 0.817. The topological polar surface area (TPSA) is 57.6 Å². The smallest absolute Gasteiger partial charge is 0.303 e. The lowest BCUT2D eigenvalue weighted by atomic mass is 10.0. The molecule has 21 heavy (non-hydrogen) atoms. The Morgan fingerprint density at radius 1 is 1.19 bits per heavy atom. The summed E-state index contributed by atoms with van der Waals surface area (Å²) in [7, 11) is 0. The van der Waals surface area contributed by atoms with Gasteiger partial charge in [0.25, 0.3) is 0 Å². The third-order valence-electron chi connectivity index (χ3n) is 4.07. The summed E-state index contributed by atoms with van der Waals surface area (Å²) in [6.07, 6.45) is 3.89. The SMILES string of the molecule is Cc1ccc(C2CCCN2C(=O)CCCCC(=O)O)cc1. The van der Waals surface area contributed by atoms with Gasteiger partial charge in [0.1, 0.15) is 0 Å². The van der Waals surface area contributed by atoms with Crippen LogP contribution in [0.1, 0.15) is 55.7 Å². The molecule has 114 valence electrons. The van der Waals surface area contributed by atoms with Crippen LogP contribution >= 0.6 is 0 Å². The molecule has 1 aliphatic rings. The minimum atomic E-state index is -0.791. The van der Waals surface area contributed by atoms with Crippen LogP contribution in [0.5, 0.6) is 0 Å². The van der Waals surface area contributed by atoms with Gasteiger partial charge in [0, 0.05) is 19.4 Å². The Morgan fingerprint density at radius 2 is 1.86 bits per heavy atom. The molecule has 4 heteroatoms. The van der Waals surface area contributed by atoms with Gasteiger partial charge in [-0.15, -0.1) is 0 Å². The second-order valence-corrected chi connectivity index (χ2v) is 5.76. The first-order valence-electron chi connectivity index (χ1n) is 7.66. The summed E-state index contributed by atoms with van der Waals surface area (Å²) < 4.78 is 0. The zero-order chi connectivity index (χ0) is 15.2. The van der Waals surface area contributed by atoms with Crippen LogP contribution in [0.2, 0.25) is 0 Å². The molecule has 0 aliphatic carbocycles. The molecule has 0 radical (unpaired) electrons. The number of aryl methyl sites for hydroxylation is 1. The maximum absolute atomic E-state index is 12.3. The molecule has 0 spiro atoms. The van der Waals surface area contributed by atoms with Gasteiger partial charge in [0.05, 0.1) is 6.04 Å². The molecule has 1 atom stereocenters. The second-order valence-electron chi connectivity index (χ2n) is 5.76. The highest BCUT2D eigenvalue weighted by Gasteiger charge is 2.29. The van der Waals surface area contributed by atoms with Crippen molar-refractivity contribution in [2.45, 2.75) is 51.5 Å². The summed E-state index contributed by atoms with van der Waals surface area (Å²) in [6, 6.07) is 8.58. The van der Waals surface area contributed by atoms with Crippen molar-refractivity contribution in [1.82, 2.24) is 4.90 Å². The van der Waals surface area contributed by atoms with Crippen LogP contribution in [-0.4, -0.2) is 28.4 Å². The van der Waals surface area contributed by atoms with Gasteiger partial charge in [-0.1, -0.05) is 29.8 Å².